The second-order valence-electron chi connectivity index (χ2n) is 14.7. The lowest BCUT2D eigenvalue weighted by Gasteiger charge is -2.73. The van der Waals surface area contributed by atoms with Crippen LogP contribution in [0.1, 0.15) is 97.8 Å². The summed E-state index contributed by atoms with van der Waals surface area (Å²) in [5.41, 5.74) is 0.256. The first kappa shape index (κ1) is 24.8. The molecule has 8 aliphatic carbocycles. The fourth-order valence-electron chi connectivity index (χ4n) is 11.8. The zero-order valence-electron chi connectivity index (χ0n) is 22.9. The molecule has 6 nitrogen and oxygen atoms in total. The topological polar surface area (TPSA) is 93.1 Å². The maximum atomic E-state index is 12.0. The van der Waals surface area contributed by atoms with Crippen LogP contribution in [0.5, 0.6) is 11.5 Å². The molecule has 210 valence electrons. The van der Waals surface area contributed by atoms with E-state index in [1.165, 1.54) is 38.5 Å². The molecule has 6 heteroatoms. The van der Waals surface area contributed by atoms with Gasteiger partial charge in [0, 0.05) is 0 Å². The normalized spacial score (nSPS) is 42.1. The lowest BCUT2D eigenvalue weighted by atomic mass is 9.34. The number of rotatable bonds is 7. The van der Waals surface area contributed by atoms with Gasteiger partial charge in [0.15, 0.2) is 0 Å². The van der Waals surface area contributed by atoms with E-state index in [0.29, 0.717) is 35.2 Å². The number of hydrogen-bond acceptors (Lipinski definition) is 4. The van der Waals surface area contributed by atoms with Crippen LogP contribution in [0.3, 0.4) is 0 Å². The summed E-state index contributed by atoms with van der Waals surface area (Å²) < 4.78 is 13.8. The fourth-order valence-corrected chi connectivity index (χ4v) is 11.8. The number of hydrogen-bond donors (Lipinski definition) is 2. The molecule has 0 spiro atoms. The van der Waals surface area contributed by atoms with Gasteiger partial charge in [-0.15, -0.1) is 0 Å². The van der Waals surface area contributed by atoms with E-state index in [0.717, 1.165) is 38.5 Å². The first-order valence-corrected chi connectivity index (χ1v) is 15.2. The zero-order valence-corrected chi connectivity index (χ0v) is 22.9. The molecule has 8 aliphatic rings. The van der Waals surface area contributed by atoms with Gasteiger partial charge in [0.2, 0.25) is 0 Å². The summed E-state index contributed by atoms with van der Waals surface area (Å²) in [6, 6.07) is 14.3. The Morgan fingerprint density at radius 1 is 0.575 bits per heavy atom. The molecule has 0 amide bonds. The van der Waals surface area contributed by atoms with E-state index in [1.807, 2.05) is 24.3 Å². The van der Waals surface area contributed by atoms with Gasteiger partial charge in [-0.2, -0.15) is 0 Å². The average Bonchev–Trinajstić information content (AvgIpc) is 2.87. The Morgan fingerprint density at radius 3 is 1.27 bits per heavy atom. The van der Waals surface area contributed by atoms with Gasteiger partial charge in [-0.05, 0) is 136 Å². The van der Waals surface area contributed by atoms with Gasteiger partial charge >= 0.3 is 11.9 Å². The van der Waals surface area contributed by atoms with Crippen molar-refractivity contribution < 1.29 is 29.3 Å². The molecule has 0 radical (unpaired) electrons. The number of benzene rings is 2. The molecule has 8 saturated carbocycles. The Kier molecular flexibility index (Phi) is 5.11. The molecule has 8 fully saturated rings. The van der Waals surface area contributed by atoms with Gasteiger partial charge in [0.1, 0.15) is 33.8 Å². The van der Waals surface area contributed by atoms with Crippen molar-refractivity contribution in [3.63, 3.8) is 0 Å². The summed E-state index contributed by atoms with van der Waals surface area (Å²) in [7, 11) is 0. The second-order valence-corrected chi connectivity index (χ2v) is 14.7. The molecule has 0 aliphatic heterocycles. The van der Waals surface area contributed by atoms with Crippen molar-refractivity contribution in [3.8, 4) is 11.5 Å². The second kappa shape index (κ2) is 8.27. The van der Waals surface area contributed by atoms with E-state index < -0.39 is 11.9 Å². The van der Waals surface area contributed by atoms with Crippen LogP contribution in [-0.4, -0.2) is 33.4 Å². The summed E-state index contributed by atoms with van der Waals surface area (Å²) in [5, 5.41) is 19.7. The van der Waals surface area contributed by atoms with Gasteiger partial charge in [0.25, 0.3) is 0 Å². The Hall–Kier alpha value is -3.02. The Morgan fingerprint density at radius 2 is 0.925 bits per heavy atom. The summed E-state index contributed by atoms with van der Waals surface area (Å²) >= 11 is 0. The Balaban J connectivity index is 1.16. The molecule has 40 heavy (non-hydrogen) atoms. The van der Waals surface area contributed by atoms with Gasteiger partial charge < -0.3 is 19.7 Å². The lowest BCUT2D eigenvalue weighted by molar-refractivity contribution is -0.256. The van der Waals surface area contributed by atoms with Crippen LogP contribution in [0.25, 0.3) is 0 Å². The average molecular weight is 543 g/mol. The summed E-state index contributed by atoms with van der Waals surface area (Å²) in [5.74, 6) is 1.65. The minimum Gasteiger partial charge on any atom is -0.486 e. The quantitative estimate of drug-likeness (QED) is 0.384. The van der Waals surface area contributed by atoms with E-state index in [9.17, 15) is 19.8 Å². The van der Waals surface area contributed by atoms with Crippen LogP contribution in [0.2, 0.25) is 0 Å². The van der Waals surface area contributed by atoms with Crippen LogP contribution < -0.4 is 9.47 Å². The van der Waals surface area contributed by atoms with Crippen LogP contribution >= 0.6 is 0 Å². The molecule has 10 rings (SSSR count). The van der Waals surface area contributed by atoms with E-state index in [2.05, 4.69) is 0 Å². The minimum atomic E-state index is -0.933. The molecule has 0 heterocycles. The summed E-state index contributed by atoms with van der Waals surface area (Å²) in [4.78, 5) is 24.0. The third-order valence-electron chi connectivity index (χ3n) is 12.0. The first-order valence-electron chi connectivity index (χ1n) is 15.2. The smallest absolute Gasteiger partial charge is 0.339 e. The highest BCUT2D eigenvalue weighted by Gasteiger charge is 2.71. The summed E-state index contributed by atoms with van der Waals surface area (Å²) in [6.07, 6.45) is 13.6. The largest absolute Gasteiger partial charge is 0.486 e. The monoisotopic (exact) mass is 542 g/mol. The number of para-hydroxylation sites is 2. The van der Waals surface area contributed by atoms with E-state index in [1.54, 1.807) is 24.3 Å². The van der Waals surface area contributed by atoms with Gasteiger partial charge in [-0.25, -0.2) is 9.59 Å². The van der Waals surface area contributed by atoms with Gasteiger partial charge in [0.05, 0.1) is 0 Å². The Bertz CT molecular complexity index is 1260. The highest BCUT2D eigenvalue weighted by Crippen LogP contribution is 2.76. The molecular weight excluding hydrogens is 504 g/mol. The fraction of sp³-hybridized carbons (Fsp3) is 0.588. The number of ether oxygens (including phenoxy) is 2. The lowest BCUT2D eigenvalue weighted by Crippen LogP contribution is -2.69. The van der Waals surface area contributed by atoms with Crippen LogP contribution in [0.15, 0.2) is 48.5 Å². The van der Waals surface area contributed by atoms with Crippen molar-refractivity contribution in [2.75, 3.05) is 0 Å². The van der Waals surface area contributed by atoms with Crippen molar-refractivity contribution in [1.82, 2.24) is 0 Å². The molecule has 0 saturated heterocycles. The molecule has 2 aromatic rings. The highest BCUT2D eigenvalue weighted by atomic mass is 16.5. The van der Waals surface area contributed by atoms with E-state index in [4.69, 9.17) is 9.47 Å². The zero-order chi connectivity index (χ0) is 27.3. The van der Waals surface area contributed by atoms with Crippen molar-refractivity contribution in [2.24, 2.45) is 34.5 Å². The maximum Gasteiger partial charge on any atom is 0.339 e. The van der Waals surface area contributed by atoms with Crippen LogP contribution in [0.4, 0.5) is 0 Å². The third-order valence-corrected chi connectivity index (χ3v) is 12.0. The predicted octanol–water partition coefficient (Wildman–Crippen LogP) is 7.22. The van der Waals surface area contributed by atoms with Gasteiger partial charge in [-0.3, -0.25) is 0 Å². The van der Waals surface area contributed by atoms with E-state index >= 15 is 0 Å². The molecule has 8 bridgehead atoms. The minimum absolute atomic E-state index is 0.175. The third kappa shape index (κ3) is 3.60. The van der Waals surface area contributed by atoms with Crippen LogP contribution in [0, 0.1) is 34.5 Å². The standard InChI is InChI=1S/C34H38O6/c35-29(36)25-5-1-3-7-27(25)39-33-15-21-9-22(16-33)12-31(11-21,19-33)32-13-23-10-24(14-32)18-34(17-23,20-32)40-28-8-4-2-6-26(28)30(37)38/h1-8,21-24H,9-20H2,(H,35,36)(H,37,38). The van der Waals surface area contributed by atoms with Crippen molar-refractivity contribution >= 4 is 11.9 Å². The maximum absolute atomic E-state index is 12.0. The number of aromatic carboxylic acids is 2. The Labute approximate surface area is 235 Å². The molecule has 2 N–H and O–H groups in total. The highest BCUT2D eigenvalue weighted by molar-refractivity contribution is 5.91. The number of carboxylic acids is 2. The van der Waals surface area contributed by atoms with Crippen molar-refractivity contribution in [3.05, 3.63) is 59.7 Å². The van der Waals surface area contributed by atoms with Gasteiger partial charge in [-0.1, -0.05) is 24.3 Å². The van der Waals surface area contributed by atoms with E-state index in [-0.39, 0.29) is 33.2 Å². The molecular formula is C34H38O6. The molecule has 4 unspecified atom stereocenters. The number of carboxylic acid groups (broad SMARTS) is 2. The number of carbonyl (C=O) groups is 2. The SMILES string of the molecule is O=C(O)c1ccccc1OC12CC3CC(C1)CC(C14CC5CC(CC(Oc6ccccc6C(=O)O)(C5)C1)C4)(C3)C2. The first-order chi connectivity index (χ1) is 19.2. The van der Waals surface area contributed by atoms with Crippen molar-refractivity contribution in [1.29, 1.82) is 0 Å². The molecule has 4 atom stereocenters. The molecule has 0 aromatic heterocycles. The predicted molar refractivity (Wildman–Crippen MR) is 148 cm³/mol. The van der Waals surface area contributed by atoms with Crippen molar-refractivity contribution in [2.45, 2.75) is 88.3 Å². The van der Waals surface area contributed by atoms with Crippen LogP contribution in [-0.2, 0) is 0 Å². The molecule has 2 aromatic carbocycles. The summed E-state index contributed by atoms with van der Waals surface area (Å²) in [6.45, 7) is 0.